The van der Waals surface area contributed by atoms with Crippen LogP contribution in [0.3, 0.4) is 0 Å². The van der Waals surface area contributed by atoms with Gasteiger partial charge >= 0.3 is 0 Å². The predicted octanol–water partition coefficient (Wildman–Crippen LogP) is 2.58. The van der Waals surface area contributed by atoms with Gasteiger partial charge in [0.1, 0.15) is 4.88 Å². The lowest BCUT2D eigenvalue weighted by molar-refractivity contribution is 0.0902. The number of hydrogen-bond acceptors (Lipinski definition) is 4. The standard InChI is InChI=1S/C14H24N2O2S/c1-9(2)6-10(17)7-15-13(18)11-12(14(3,4)5)16-8-19-11/h8-10,17H,6-7H2,1-5H3,(H,15,18). The van der Waals surface area contributed by atoms with E-state index in [0.717, 1.165) is 5.69 Å². The number of hydrogen-bond donors (Lipinski definition) is 2. The number of carbonyl (C=O) groups excluding carboxylic acids is 1. The number of nitrogens with zero attached hydrogens (tertiary/aromatic N) is 1. The maximum atomic E-state index is 12.1. The minimum absolute atomic E-state index is 0.143. The second-order valence-electron chi connectivity index (χ2n) is 6.27. The van der Waals surface area contributed by atoms with E-state index in [9.17, 15) is 9.90 Å². The number of amides is 1. The number of rotatable bonds is 5. The highest BCUT2D eigenvalue weighted by Crippen LogP contribution is 2.26. The third kappa shape index (κ3) is 4.91. The molecule has 0 aromatic carbocycles. The van der Waals surface area contributed by atoms with Gasteiger partial charge in [-0.15, -0.1) is 11.3 Å². The molecule has 1 unspecified atom stereocenters. The van der Waals surface area contributed by atoms with Crippen molar-refractivity contribution in [3.63, 3.8) is 0 Å². The van der Waals surface area contributed by atoms with Crippen LogP contribution in [-0.4, -0.2) is 28.6 Å². The number of aliphatic hydroxyl groups is 1. The molecular formula is C14H24N2O2S. The van der Waals surface area contributed by atoms with E-state index < -0.39 is 6.10 Å². The summed E-state index contributed by atoms with van der Waals surface area (Å²) < 4.78 is 0. The van der Waals surface area contributed by atoms with E-state index in [1.165, 1.54) is 11.3 Å². The maximum absolute atomic E-state index is 12.1. The first-order valence-corrected chi connectivity index (χ1v) is 7.50. The third-order valence-electron chi connectivity index (χ3n) is 2.73. The Morgan fingerprint density at radius 3 is 2.63 bits per heavy atom. The molecule has 5 heteroatoms. The van der Waals surface area contributed by atoms with Crippen LogP contribution in [0, 0.1) is 5.92 Å². The fourth-order valence-corrected chi connectivity index (χ4v) is 2.77. The van der Waals surface area contributed by atoms with Gasteiger partial charge in [-0.3, -0.25) is 4.79 Å². The first-order valence-electron chi connectivity index (χ1n) is 6.62. The molecule has 1 aromatic rings. The normalized spacial score (nSPS) is 13.6. The zero-order chi connectivity index (χ0) is 14.6. The molecule has 0 fully saturated rings. The van der Waals surface area contributed by atoms with Crippen LogP contribution in [0.1, 0.15) is 56.4 Å². The molecule has 1 rings (SSSR count). The van der Waals surface area contributed by atoms with E-state index in [1.54, 1.807) is 5.51 Å². The van der Waals surface area contributed by atoms with Crippen molar-refractivity contribution in [2.24, 2.45) is 5.92 Å². The summed E-state index contributed by atoms with van der Waals surface area (Å²) in [6.45, 7) is 10.5. The SMILES string of the molecule is CC(C)CC(O)CNC(=O)c1scnc1C(C)(C)C. The molecular weight excluding hydrogens is 260 g/mol. The van der Waals surface area contributed by atoms with Gasteiger partial charge in [0.05, 0.1) is 17.3 Å². The van der Waals surface area contributed by atoms with Crippen LogP contribution in [-0.2, 0) is 5.41 Å². The molecule has 0 radical (unpaired) electrons. The van der Waals surface area contributed by atoms with Crippen molar-refractivity contribution in [3.8, 4) is 0 Å². The molecule has 19 heavy (non-hydrogen) atoms. The summed E-state index contributed by atoms with van der Waals surface area (Å²) in [5, 5.41) is 12.6. The zero-order valence-corrected chi connectivity index (χ0v) is 13.2. The predicted molar refractivity (Wildman–Crippen MR) is 78.6 cm³/mol. The molecule has 4 nitrogen and oxygen atoms in total. The Kier molecular flexibility index (Phi) is 5.50. The lowest BCUT2D eigenvalue weighted by Crippen LogP contribution is -2.33. The molecule has 1 aromatic heterocycles. The topological polar surface area (TPSA) is 62.2 Å². The average Bonchev–Trinajstić information content (AvgIpc) is 2.73. The fourth-order valence-electron chi connectivity index (χ4n) is 1.86. The van der Waals surface area contributed by atoms with E-state index in [2.05, 4.69) is 10.3 Å². The van der Waals surface area contributed by atoms with Crippen molar-refractivity contribution in [1.29, 1.82) is 0 Å². The molecule has 2 N–H and O–H groups in total. The van der Waals surface area contributed by atoms with Crippen molar-refractivity contribution >= 4 is 17.2 Å². The fraction of sp³-hybridized carbons (Fsp3) is 0.714. The van der Waals surface area contributed by atoms with Crippen molar-refractivity contribution in [2.75, 3.05) is 6.54 Å². The summed E-state index contributed by atoms with van der Waals surface area (Å²) >= 11 is 1.35. The summed E-state index contributed by atoms with van der Waals surface area (Å²) in [4.78, 5) is 17.0. The van der Waals surface area contributed by atoms with Crippen molar-refractivity contribution in [3.05, 3.63) is 16.1 Å². The van der Waals surface area contributed by atoms with E-state index >= 15 is 0 Å². The van der Waals surface area contributed by atoms with E-state index in [0.29, 0.717) is 23.8 Å². The molecule has 0 saturated heterocycles. The Morgan fingerprint density at radius 2 is 2.11 bits per heavy atom. The zero-order valence-electron chi connectivity index (χ0n) is 12.4. The monoisotopic (exact) mass is 284 g/mol. The van der Waals surface area contributed by atoms with Crippen LogP contribution in [0.4, 0.5) is 0 Å². The molecule has 0 aliphatic carbocycles. The van der Waals surface area contributed by atoms with E-state index in [4.69, 9.17) is 0 Å². The maximum Gasteiger partial charge on any atom is 0.263 e. The van der Waals surface area contributed by atoms with Crippen LogP contribution >= 0.6 is 11.3 Å². The number of aliphatic hydroxyl groups excluding tert-OH is 1. The van der Waals surface area contributed by atoms with Crippen LogP contribution in [0.25, 0.3) is 0 Å². The molecule has 0 aliphatic rings. The number of carbonyl (C=O) groups is 1. The minimum atomic E-state index is -0.491. The third-order valence-corrected chi connectivity index (χ3v) is 3.55. The molecule has 1 heterocycles. The molecule has 0 saturated carbocycles. The summed E-state index contributed by atoms with van der Waals surface area (Å²) in [5.41, 5.74) is 2.36. The van der Waals surface area contributed by atoms with Crippen LogP contribution in [0.5, 0.6) is 0 Å². The summed E-state index contributed by atoms with van der Waals surface area (Å²) in [6, 6.07) is 0. The lowest BCUT2D eigenvalue weighted by atomic mass is 9.91. The number of thiazole rings is 1. The second kappa shape index (κ2) is 6.48. The minimum Gasteiger partial charge on any atom is -0.391 e. The van der Waals surface area contributed by atoms with Gasteiger partial charge in [0.25, 0.3) is 5.91 Å². The second-order valence-corrected chi connectivity index (χ2v) is 7.13. The smallest absolute Gasteiger partial charge is 0.263 e. The van der Waals surface area contributed by atoms with Gasteiger partial charge in [-0.05, 0) is 12.3 Å². The highest BCUT2D eigenvalue weighted by molar-refractivity contribution is 7.11. The first-order chi connectivity index (χ1) is 8.71. The van der Waals surface area contributed by atoms with Gasteiger partial charge in [0.15, 0.2) is 0 Å². The molecule has 1 atom stereocenters. The average molecular weight is 284 g/mol. The largest absolute Gasteiger partial charge is 0.391 e. The number of nitrogens with one attached hydrogen (secondary N) is 1. The van der Waals surface area contributed by atoms with Gasteiger partial charge in [0, 0.05) is 12.0 Å². The Balaban J connectivity index is 2.62. The highest BCUT2D eigenvalue weighted by atomic mass is 32.1. The van der Waals surface area contributed by atoms with Crippen molar-refractivity contribution in [1.82, 2.24) is 10.3 Å². The summed E-state index contributed by atoms with van der Waals surface area (Å²) in [7, 11) is 0. The molecule has 1 amide bonds. The van der Waals surface area contributed by atoms with Gasteiger partial charge in [-0.25, -0.2) is 4.98 Å². The number of aromatic nitrogens is 1. The lowest BCUT2D eigenvalue weighted by Gasteiger charge is -2.18. The van der Waals surface area contributed by atoms with Gasteiger partial charge in [-0.1, -0.05) is 34.6 Å². The van der Waals surface area contributed by atoms with Gasteiger partial charge in [0.2, 0.25) is 0 Å². The molecule has 108 valence electrons. The highest BCUT2D eigenvalue weighted by Gasteiger charge is 2.25. The molecule has 0 bridgehead atoms. The van der Waals surface area contributed by atoms with Gasteiger partial charge < -0.3 is 10.4 Å². The van der Waals surface area contributed by atoms with Crippen molar-refractivity contribution in [2.45, 2.75) is 52.6 Å². The Bertz CT molecular complexity index is 421. The Morgan fingerprint density at radius 1 is 1.47 bits per heavy atom. The quantitative estimate of drug-likeness (QED) is 0.873. The van der Waals surface area contributed by atoms with Gasteiger partial charge in [-0.2, -0.15) is 0 Å². The summed E-state index contributed by atoms with van der Waals surface area (Å²) in [6.07, 6.45) is 0.199. The molecule has 0 aliphatic heterocycles. The Labute approximate surface area is 119 Å². The van der Waals surface area contributed by atoms with E-state index in [-0.39, 0.29) is 11.3 Å². The van der Waals surface area contributed by atoms with E-state index in [1.807, 2.05) is 34.6 Å². The Hall–Kier alpha value is -0.940. The van der Waals surface area contributed by atoms with Crippen LogP contribution in [0.2, 0.25) is 0 Å². The van der Waals surface area contributed by atoms with Crippen molar-refractivity contribution < 1.29 is 9.90 Å². The van der Waals surface area contributed by atoms with Crippen LogP contribution in [0.15, 0.2) is 5.51 Å². The molecule has 0 spiro atoms. The first kappa shape index (κ1) is 16.1. The summed E-state index contributed by atoms with van der Waals surface area (Å²) in [5.74, 6) is 0.274. The van der Waals surface area contributed by atoms with Crippen LogP contribution < -0.4 is 5.32 Å².